The van der Waals surface area contributed by atoms with E-state index in [-0.39, 0.29) is 5.69 Å². The third kappa shape index (κ3) is 2.42. The van der Waals surface area contributed by atoms with E-state index in [0.29, 0.717) is 11.4 Å². The van der Waals surface area contributed by atoms with Crippen LogP contribution in [0.4, 0.5) is 5.69 Å². The first kappa shape index (κ1) is 11.1. The average Bonchev–Trinajstić information content (AvgIpc) is 2.38. The van der Waals surface area contributed by atoms with Crippen molar-refractivity contribution >= 4 is 11.7 Å². The zero-order chi connectivity index (χ0) is 12.3. The molecule has 1 aromatic carbocycles. The van der Waals surface area contributed by atoms with E-state index in [0.717, 1.165) is 5.56 Å². The van der Waals surface area contributed by atoms with Gasteiger partial charge in [0.1, 0.15) is 0 Å². The summed E-state index contributed by atoms with van der Waals surface area (Å²) < 4.78 is 4.63. The van der Waals surface area contributed by atoms with Crippen molar-refractivity contribution in [3.05, 3.63) is 48.2 Å². The second-order valence-electron chi connectivity index (χ2n) is 3.53. The van der Waals surface area contributed by atoms with Gasteiger partial charge in [-0.3, -0.25) is 0 Å². The molecule has 2 N–H and O–H groups in total. The van der Waals surface area contributed by atoms with Gasteiger partial charge < -0.3 is 10.5 Å². The molecule has 0 radical (unpaired) electrons. The summed E-state index contributed by atoms with van der Waals surface area (Å²) in [6.45, 7) is 0. The third-order valence-electron chi connectivity index (χ3n) is 2.31. The van der Waals surface area contributed by atoms with Crippen molar-refractivity contribution in [1.29, 1.82) is 0 Å². The van der Waals surface area contributed by atoms with Crippen LogP contribution < -0.4 is 5.73 Å². The summed E-state index contributed by atoms with van der Waals surface area (Å²) >= 11 is 0. The van der Waals surface area contributed by atoms with E-state index >= 15 is 0 Å². The number of benzene rings is 1. The van der Waals surface area contributed by atoms with E-state index in [1.165, 1.54) is 13.2 Å². The summed E-state index contributed by atoms with van der Waals surface area (Å²) in [6.07, 6.45) is 0. The van der Waals surface area contributed by atoms with Crippen molar-refractivity contribution in [2.45, 2.75) is 0 Å². The number of aromatic nitrogens is 1. The lowest BCUT2D eigenvalue weighted by Crippen LogP contribution is -2.06. The lowest BCUT2D eigenvalue weighted by Gasteiger charge is -2.05. The molecule has 0 amide bonds. The molecule has 0 fully saturated rings. The van der Waals surface area contributed by atoms with Crippen LogP contribution in [-0.4, -0.2) is 18.1 Å². The lowest BCUT2D eigenvalue weighted by molar-refractivity contribution is 0.0594. The van der Waals surface area contributed by atoms with E-state index < -0.39 is 5.97 Å². The SMILES string of the molecule is COC(=O)c1cc(N)cc(-c2ccccc2)n1. The van der Waals surface area contributed by atoms with Gasteiger partial charge in [-0.2, -0.15) is 0 Å². The fourth-order valence-corrected chi connectivity index (χ4v) is 1.52. The van der Waals surface area contributed by atoms with Crippen molar-refractivity contribution in [1.82, 2.24) is 4.98 Å². The summed E-state index contributed by atoms with van der Waals surface area (Å²) in [7, 11) is 1.31. The Hall–Kier alpha value is -2.36. The quantitative estimate of drug-likeness (QED) is 0.799. The largest absolute Gasteiger partial charge is 0.464 e. The van der Waals surface area contributed by atoms with Crippen LogP contribution in [0.25, 0.3) is 11.3 Å². The highest BCUT2D eigenvalue weighted by Crippen LogP contribution is 2.20. The number of carbonyl (C=O) groups is 1. The highest BCUT2D eigenvalue weighted by atomic mass is 16.5. The van der Waals surface area contributed by atoms with Gasteiger partial charge in [-0.15, -0.1) is 0 Å². The topological polar surface area (TPSA) is 65.2 Å². The molecule has 0 atom stereocenters. The predicted octanol–water partition coefficient (Wildman–Crippen LogP) is 2.12. The molecule has 0 bridgehead atoms. The summed E-state index contributed by atoms with van der Waals surface area (Å²) in [5.74, 6) is -0.491. The van der Waals surface area contributed by atoms with Crippen molar-refractivity contribution in [2.75, 3.05) is 12.8 Å². The van der Waals surface area contributed by atoms with E-state index in [2.05, 4.69) is 9.72 Å². The van der Waals surface area contributed by atoms with Gasteiger partial charge in [0.05, 0.1) is 12.8 Å². The third-order valence-corrected chi connectivity index (χ3v) is 2.31. The number of esters is 1. The smallest absolute Gasteiger partial charge is 0.356 e. The van der Waals surface area contributed by atoms with Crippen LogP contribution in [0.15, 0.2) is 42.5 Å². The normalized spacial score (nSPS) is 9.94. The molecule has 0 unspecified atom stereocenters. The zero-order valence-electron chi connectivity index (χ0n) is 9.38. The molecule has 0 saturated heterocycles. The highest BCUT2D eigenvalue weighted by Gasteiger charge is 2.10. The molecule has 4 nitrogen and oxygen atoms in total. The van der Waals surface area contributed by atoms with Crippen LogP contribution in [0.3, 0.4) is 0 Å². The fourth-order valence-electron chi connectivity index (χ4n) is 1.52. The number of anilines is 1. The van der Waals surface area contributed by atoms with E-state index in [1.807, 2.05) is 30.3 Å². The summed E-state index contributed by atoms with van der Waals surface area (Å²) in [5, 5.41) is 0. The Kier molecular flexibility index (Phi) is 3.05. The number of ether oxygens (including phenoxy) is 1. The number of nitrogens with zero attached hydrogens (tertiary/aromatic N) is 1. The Morgan fingerprint density at radius 1 is 1.24 bits per heavy atom. The Morgan fingerprint density at radius 3 is 2.59 bits per heavy atom. The molecule has 0 aliphatic heterocycles. The molecule has 86 valence electrons. The highest BCUT2D eigenvalue weighted by molar-refractivity contribution is 5.89. The minimum Gasteiger partial charge on any atom is -0.464 e. The standard InChI is InChI=1S/C13H12N2O2/c1-17-13(16)12-8-10(14)7-11(15-12)9-5-3-2-4-6-9/h2-8H,1H3,(H2,14,15). The maximum absolute atomic E-state index is 11.4. The first-order chi connectivity index (χ1) is 8.20. The van der Waals surface area contributed by atoms with E-state index in [4.69, 9.17) is 5.73 Å². The number of carbonyl (C=O) groups excluding carboxylic acids is 1. The molecular weight excluding hydrogens is 216 g/mol. The molecule has 1 aromatic heterocycles. The Morgan fingerprint density at radius 2 is 1.94 bits per heavy atom. The Balaban J connectivity index is 2.49. The number of pyridine rings is 1. The van der Waals surface area contributed by atoms with Crippen molar-refractivity contribution in [2.24, 2.45) is 0 Å². The molecule has 1 heterocycles. The molecular formula is C13H12N2O2. The Bertz CT molecular complexity index is 538. The molecule has 0 spiro atoms. The van der Waals surface area contributed by atoms with Gasteiger partial charge in [-0.1, -0.05) is 30.3 Å². The van der Waals surface area contributed by atoms with Gasteiger partial charge >= 0.3 is 5.97 Å². The van der Waals surface area contributed by atoms with E-state index in [9.17, 15) is 4.79 Å². The minimum atomic E-state index is -0.491. The van der Waals surface area contributed by atoms with Gasteiger partial charge in [0.25, 0.3) is 0 Å². The number of hydrogen-bond donors (Lipinski definition) is 1. The van der Waals surface area contributed by atoms with Crippen LogP contribution in [0.2, 0.25) is 0 Å². The summed E-state index contributed by atoms with van der Waals surface area (Å²) in [4.78, 5) is 15.6. The van der Waals surface area contributed by atoms with Gasteiger partial charge in [-0.05, 0) is 12.1 Å². The Labute approximate surface area is 99.1 Å². The first-order valence-electron chi connectivity index (χ1n) is 5.12. The molecule has 0 aliphatic carbocycles. The average molecular weight is 228 g/mol. The summed E-state index contributed by atoms with van der Waals surface area (Å²) in [6, 6.07) is 12.7. The van der Waals surface area contributed by atoms with Gasteiger partial charge in [0, 0.05) is 11.3 Å². The van der Waals surface area contributed by atoms with Crippen molar-refractivity contribution in [3.8, 4) is 11.3 Å². The number of nitrogen functional groups attached to an aromatic ring is 1. The van der Waals surface area contributed by atoms with Crippen LogP contribution in [-0.2, 0) is 4.74 Å². The predicted molar refractivity (Wildman–Crippen MR) is 65.4 cm³/mol. The van der Waals surface area contributed by atoms with Gasteiger partial charge in [0.15, 0.2) is 5.69 Å². The molecule has 2 aromatic rings. The maximum atomic E-state index is 11.4. The second-order valence-corrected chi connectivity index (χ2v) is 3.53. The van der Waals surface area contributed by atoms with Gasteiger partial charge in [0.2, 0.25) is 0 Å². The van der Waals surface area contributed by atoms with Crippen molar-refractivity contribution < 1.29 is 9.53 Å². The summed E-state index contributed by atoms with van der Waals surface area (Å²) in [5.41, 5.74) is 8.01. The zero-order valence-corrected chi connectivity index (χ0v) is 9.38. The molecule has 17 heavy (non-hydrogen) atoms. The maximum Gasteiger partial charge on any atom is 0.356 e. The number of hydrogen-bond acceptors (Lipinski definition) is 4. The monoisotopic (exact) mass is 228 g/mol. The number of rotatable bonds is 2. The fraction of sp³-hybridized carbons (Fsp3) is 0.0769. The second kappa shape index (κ2) is 4.65. The van der Waals surface area contributed by atoms with E-state index in [1.54, 1.807) is 6.07 Å². The number of methoxy groups -OCH3 is 1. The van der Waals surface area contributed by atoms with Crippen LogP contribution in [0, 0.1) is 0 Å². The lowest BCUT2D eigenvalue weighted by atomic mass is 10.1. The first-order valence-corrected chi connectivity index (χ1v) is 5.12. The van der Waals surface area contributed by atoms with Crippen LogP contribution in [0.1, 0.15) is 10.5 Å². The molecule has 2 rings (SSSR count). The van der Waals surface area contributed by atoms with Crippen LogP contribution >= 0.6 is 0 Å². The van der Waals surface area contributed by atoms with Crippen molar-refractivity contribution in [3.63, 3.8) is 0 Å². The minimum absolute atomic E-state index is 0.214. The number of nitrogens with two attached hydrogens (primary N) is 1. The van der Waals surface area contributed by atoms with Gasteiger partial charge in [-0.25, -0.2) is 9.78 Å². The molecule has 4 heteroatoms. The molecule has 0 aliphatic rings. The van der Waals surface area contributed by atoms with Crippen LogP contribution in [0.5, 0.6) is 0 Å². The molecule has 0 saturated carbocycles.